The Balaban J connectivity index is 2.64. The molecule has 1 aromatic carbocycles. The van der Waals surface area contributed by atoms with Crippen molar-refractivity contribution in [1.29, 1.82) is 0 Å². The lowest BCUT2D eigenvalue weighted by atomic mass is 9.80. The van der Waals surface area contributed by atoms with E-state index in [9.17, 15) is 4.79 Å². The minimum atomic E-state index is -1.52. The van der Waals surface area contributed by atoms with Crippen molar-refractivity contribution in [2.45, 2.75) is 13.5 Å². The SMILES string of the molecule is C=C(C)C(=O)OCc1cccc(B(O)O)c1. The fourth-order valence-electron chi connectivity index (χ4n) is 1.12. The van der Waals surface area contributed by atoms with Crippen LogP contribution in [0.5, 0.6) is 0 Å². The lowest BCUT2D eigenvalue weighted by molar-refractivity contribution is -0.140. The summed E-state index contributed by atoms with van der Waals surface area (Å²) in [5.41, 5.74) is 1.39. The number of ether oxygens (including phenoxy) is 1. The van der Waals surface area contributed by atoms with E-state index < -0.39 is 13.1 Å². The number of carbonyl (C=O) groups is 1. The molecular formula is C11H13BO4. The van der Waals surface area contributed by atoms with E-state index in [-0.39, 0.29) is 6.61 Å². The molecule has 0 bridgehead atoms. The number of hydrogen-bond acceptors (Lipinski definition) is 4. The van der Waals surface area contributed by atoms with Crippen LogP contribution in [-0.2, 0) is 16.1 Å². The highest BCUT2D eigenvalue weighted by Gasteiger charge is 2.11. The minimum absolute atomic E-state index is 0.0895. The molecule has 2 N–H and O–H groups in total. The van der Waals surface area contributed by atoms with Crippen LogP contribution in [-0.4, -0.2) is 23.1 Å². The van der Waals surface area contributed by atoms with Crippen molar-refractivity contribution >= 4 is 18.6 Å². The van der Waals surface area contributed by atoms with Gasteiger partial charge in [0.1, 0.15) is 6.61 Å². The molecule has 1 aromatic rings. The summed E-state index contributed by atoms with van der Waals surface area (Å²) in [7, 11) is -1.52. The van der Waals surface area contributed by atoms with Gasteiger partial charge in [0.05, 0.1) is 0 Å². The van der Waals surface area contributed by atoms with Crippen LogP contribution in [0.25, 0.3) is 0 Å². The van der Waals surface area contributed by atoms with Gasteiger partial charge in [-0.2, -0.15) is 0 Å². The second kappa shape index (κ2) is 5.49. The molecular weight excluding hydrogens is 207 g/mol. The van der Waals surface area contributed by atoms with E-state index in [1.165, 1.54) is 0 Å². The first-order valence-electron chi connectivity index (χ1n) is 4.78. The molecule has 4 nitrogen and oxygen atoms in total. The Bertz CT molecular complexity index is 401. The third kappa shape index (κ3) is 3.53. The van der Waals surface area contributed by atoms with Crippen LogP contribution < -0.4 is 5.46 Å². The first kappa shape index (κ1) is 12.5. The van der Waals surface area contributed by atoms with Gasteiger partial charge in [-0.25, -0.2) is 4.79 Å². The first-order valence-corrected chi connectivity index (χ1v) is 4.78. The summed E-state index contributed by atoms with van der Waals surface area (Å²) in [6.45, 7) is 5.11. The molecule has 0 aliphatic rings. The summed E-state index contributed by atoms with van der Waals surface area (Å²) >= 11 is 0. The summed E-state index contributed by atoms with van der Waals surface area (Å²) in [5, 5.41) is 17.9. The standard InChI is InChI=1S/C11H13BO4/c1-8(2)11(13)16-7-9-4-3-5-10(6-9)12(14)15/h3-6,14-15H,1,7H2,2H3. The van der Waals surface area contributed by atoms with Crippen LogP contribution in [0.15, 0.2) is 36.4 Å². The van der Waals surface area contributed by atoms with Crippen LogP contribution in [0.2, 0.25) is 0 Å². The Hall–Kier alpha value is -1.59. The second-order valence-corrected chi connectivity index (χ2v) is 3.48. The number of benzene rings is 1. The van der Waals surface area contributed by atoms with Crippen LogP contribution in [0.4, 0.5) is 0 Å². The van der Waals surface area contributed by atoms with E-state index in [1.807, 2.05) is 0 Å². The van der Waals surface area contributed by atoms with E-state index in [0.717, 1.165) is 0 Å². The molecule has 0 aromatic heterocycles. The number of esters is 1. The fourth-order valence-corrected chi connectivity index (χ4v) is 1.12. The molecule has 1 rings (SSSR count). The Labute approximate surface area is 94.3 Å². The molecule has 0 unspecified atom stereocenters. The van der Waals surface area contributed by atoms with Gasteiger partial charge >= 0.3 is 13.1 Å². The highest BCUT2D eigenvalue weighted by Crippen LogP contribution is 2.02. The lowest BCUT2D eigenvalue weighted by Crippen LogP contribution is -2.29. The largest absolute Gasteiger partial charge is 0.488 e. The first-order chi connectivity index (χ1) is 7.50. The maximum absolute atomic E-state index is 11.1. The normalized spacial score (nSPS) is 9.69. The Morgan fingerprint density at radius 2 is 2.19 bits per heavy atom. The van der Waals surface area contributed by atoms with E-state index in [1.54, 1.807) is 31.2 Å². The van der Waals surface area contributed by atoms with Crippen LogP contribution in [0, 0.1) is 0 Å². The van der Waals surface area contributed by atoms with E-state index in [4.69, 9.17) is 14.8 Å². The molecule has 0 fully saturated rings. The highest BCUT2D eigenvalue weighted by atomic mass is 16.5. The zero-order chi connectivity index (χ0) is 12.1. The van der Waals surface area contributed by atoms with E-state index in [2.05, 4.69) is 6.58 Å². The molecule has 0 aliphatic carbocycles. The molecule has 0 radical (unpaired) electrons. The average Bonchev–Trinajstić information content (AvgIpc) is 2.26. The second-order valence-electron chi connectivity index (χ2n) is 3.48. The van der Waals surface area contributed by atoms with Gasteiger partial charge in [-0.05, 0) is 17.9 Å². The maximum Gasteiger partial charge on any atom is 0.488 e. The quantitative estimate of drug-likeness (QED) is 0.425. The Morgan fingerprint density at radius 1 is 1.50 bits per heavy atom. The van der Waals surface area contributed by atoms with Gasteiger partial charge < -0.3 is 14.8 Å². The average molecular weight is 220 g/mol. The Kier molecular flexibility index (Phi) is 4.28. The van der Waals surface area contributed by atoms with Crippen molar-refractivity contribution in [2.24, 2.45) is 0 Å². The van der Waals surface area contributed by atoms with Gasteiger partial charge in [0.2, 0.25) is 0 Å². The highest BCUT2D eigenvalue weighted by molar-refractivity contribution is 6.58. The van der Waals surface area contributed by atoms with Crippen molar-refractivity contribution in [2.75, 3.05) is 0 Å². The zero-order valence-corrected chi connectivity index (χ0v) is 9.01. The van der Waals surface area contributed by atoms with Gasteiger partial charge in [0.25, 0.3) is 0 Å². The van der Waals surface area contributed by atoms with Gasteiger partial charge in [0.15, 0.2) is 0 Å². The molecule has 0 atom stereocenters. The molecule has 84 valence electrons. The Morgan fingerprint density at radius 3 is 2.75 bits per heavy atom. The van der Waals surface area contributed by atoms with Crippen LogP contribution in [0.1, 0.15) is 12.5 Å². The molecule has 0 heterocycles. The van der Waals surface area contributed by atoms with Crippen molar-refractivity contribution < 1.29 is 19.6 Å². The summed E-state index contributed by atoms with van der Waals surface area (Å²) in [4.78, 5) is 11.1. The van der Waals surface area contributed by atoms with Crippen molar-refractivity contribution in [1.82, 2.24) is 0 Å². The van der Waals surface area contributed by atoms with Crippen LogP contribution in [0.3, 0.4) is 0 Å². The summed E-state index contributed by atoms with van der Waals surface area (Å²) < 4.78 is 4.92. The molecule has 0 saturated carbocycles. The summed E-state index contributed by atoms with van der Waals surface area (Å²) in [6.07, 6.45) is 0. The molecule has 0 saturated heterocycles. The third-order valence-corrected chi connectivity index (χ3v) is 1.97. The third-order valence-electron chi connectivity index (χ3n) is 1.97. The zero-order valence-electron chi connectivity index (χ0n) is 9.01. The lowest BCUT2D eigenvalue weighted by Gasteiger charge is -2.06. The molecule has 0 spiro atoms. The maximum atomic E-state index is 11.1. The van der Waals surface area contributed by atoms with Crippen molar-refractivity contribution in [3.63, 3.8) is 0 Å². The summed E-state index contributed by atoms with van der Waals surface area (Å²) in [5.74, 6) is -0.463. The van der Waals surface area contributed by atoms with E-state index >= 15 is 0 Å². The van der Waals surface area contributed by atoms with Gasteiger partial charge in [-0.1, -0.05) is 30.8 Å². The van der Waals surface area contributed by atoms with Gasteiger partial charge in [0, 0.05) is 5.57 Å². The number of carbonyl (C=O) groups excluding carboxylic acids is 1. The predicted molar refractivity (Wildman–Crippen MR) is 60.9 cm³/mol. The molecule has 0 amide bonds. The topological polar surface area (TPSA) is 66.8 Å². The minimum Gasteiger partial charge on any atom is -0.457 e. The van der Waals surface area contributed by atoms with Gasteiger partial charge in [-0.3, -0.25) is 0 Å². The van der Waals surface area contributed by atoms with E-state index in [0.29, 0.717) is 16.6 Å². The van der Waals surface area contributed by atoms with Gasteiger partial charge in [-0.15, -0.1) is 0 Å². The molecule has 16 heavy (non-hydrogen) atoms. The van der Waals surface area contributed by atoms with Crippen molar-refractivity contribution in [3.8, 4) is 0 Å². The molecule has 5 heteroatoms. The number of rotatable bonds is 4. The fraction of sp³-hybridized carbons (Fsp3) is 0.182. The smallest absolute Gasteiger partial charge is 0.457 e. The summed E-state index contributed by atoms with van der Waals surface area (Å²) in [6, 6.07) is 6.54. The predicted octanol–water partition coefficient (Wildman–Crippen LogP) is -0.0143. The number of hydrogen-bond donors (Lipinski definition) is 2. The monoisotopic (exact) mass is 220 g/mol. The van der Waals surface area contributed by atoms with Crippen LogP contribution >= 0.6 is 0 Å². The van der Waals surface area contributed by atoms with Crippen molar-refractivity contribution in [3.05, 3.63) is 42.0 Å². The molecule has 0 aliphatic heterocycles.